The van der Waals surface area contributed by atoms with Crippen molar-refractivity contribution in [3.8, 4) is 0 Å². The molecule has 0 aromatic rings. The van der Waals surface area contributed by atoms with Gasteiger partial charge >= 0.3 is 206 Å². The monoisotopic (exact) mass is 380 g/mol. The summed E-state index contributed by atoms with van der Waals surface area (Å²) in [6.45, 7) is 0. The molecule has 0 rings (SSSR count). The van der Waals surface area contributed by atoms with E-state index in [0.717, 1.165) is 0 Å². The molecule has 0 aliphatic carbocycles. The van der Waals surface area contributed by atoms with Crippen LogP contribution in [0.1, 0.15) is 0 Å². The topological polar surface area (TPSA) is 214 Å². The van der Waals surface area contributed by atoms with E-state index < -0.39 is 0 Å². The standard InChI is InChI=1S/4K.7H2O.2V/h;;;;7*1H2;;/q4*+1;;;;;;;;;/p-4. The Morgan fingerprint density at radius 2 is 0.308 bits per heavy atom. The van der Waals surface area contributed by atoms with Crippen molar-refractivity contribution in [3.05, 3.63) is 0 Å². The van der Waals surface area contributed by atoms with E-state index in [9.17, 15) is 0 Å². The van der Waals surface area contributed by atoms with E-state index in [1.807, 2.05) is 0 Å². The van der Waals surface area contributed by atoms with Crippen LogP contribution >= 0.6 is 0 Å². The molecule has 0 heterocycles. The molecule has 0 spiro atoms. The molecule has 0 amide bonds. The molecule has 0 unspecified atom stereocenters. The van der Waals surface area contributed by atoms with Gasteiger partial charge in [-0.25, -0.2) is 0 Å². The zero-order valence-corrected chi connectivity index (χ0v) is 23.5. The third-order valence-electron chi connectivity index (χ3n) is 0. The Labute approximate surface area is 271 Å². The van der Waals surface area contributed by atoms with E-state index in [-0.39, 0.29) is 281 Å². The SMILES string of the molecule is O.O.O.[K+].[K+].[K+].[K+].[OH-].[OH-].[OH-].[OH-].[V].[V]. The molecule has 2 radical (unpaired) electrons. The summed E-state index contributed by atoms with van der Waals surface area (Å²) in [7, 11) is 0. The maximum atomic E-state index is 0. The molecular weight excluding hydrogens is 370 g/mol. The fourth-order valence-corrected chi connectivity index (χ4v) is 0. The molecule has 0 aromatic carbocycles. The predicted molar refractivity (Wildman–Crippen MR) is 18.6 cm³/mol. The molecule has 0 fully saturated rings. The summed E-state index contributed by atoms with van der Waals surface area (Å²) in [4.78, 5) is 0. The molecule has 0 atom stereocenters. The van der Waals surface area contributed by atoms with Crippen LogP contribution in [-0.4, -0.2) is 38.3 Å². The van der Waals surface area contributed by atoms with Crippen LogP contribution in [0.5, 0.6) is 0 Å². The maximum Gasteiger partial charge on any atom is 1.00 e. The Bertz CT molecular complexity index is 18.5. The van der Waals surface area contributed by atoms with Crippen molar-refractivity contribution in [1.29, 1.82) is 0 Å². The Balaban J connectivity index is 0. The van der Waals surface area contributed by atoms with Gasteiger partial charge < -0.3 is 38.3 Å². The normalized spacial score (nSPS) is 0. The summed E-state index contributed by atoms with van der Waals surface area (Å²) in [5.41, 5.74) is 0. The second kappa shape index (κ2) is 119. The van der Waals surface area contributed by atoms with Crippen LogP contribution in [0, 0.1) is 0 Å². The Hall–Kier alpha value is 7.43. The third-order valence-corrected chi connectivity index (χ3v) is 0. The molecule has 13 heavy (non-hydrogen) atoms. The molecule has 0 saturated heterocycles. The molecule has 10 N–H and O–H groups in total. The summed E-state index contributed by atoms with van der Waals surface area (Å²) in [5.74, 6) is 0. The van der Waals surface area contributed by atoms with Crippen molar-refractivity contribution in [2.24, 2.45) is 0 Å². The Kier molecular flexibility index (Phi) is 1280. The predicted octanol–water partition coefficient (Wildman–Crippen LogP) is -15.2. The summed E-state index contributed by atoms with van der Waals surface area (Å²) in [6, 6.07) is 0. The third kappa shape index (κ3) is 107. The van der Waals surface area contributed by atoms with Crippen LogP contribution in [0.15, 0.2) is 0 Å². The Morgan fingerprint density at radius 1 is 0.308 bits per heavy atom. The molecule has 0 bridgehead atoms. The van der Waals surface area contributed by atoms with E-state index in [0.29, 0.717) is 0 Å². The van der Waals surface area contributed by atoms with Gasteiger partial charge in [0.05, 0.1) is 0 Å². The van der Waals surface area contributed by atoms with E-state index in [4.69, 9.17) is 0 Å². The summed E-state index contributed by atoms with van der Waals surface area (Å²) in [5, 5.41) is 0. The fraction of sp³-hybridized carbons (Fsp3) is 0. The van der Waals surface area contributed by atoms with Crippen molar-refractivity contribution in [2.75, 3.05) is 0 Å². The van der Waals surface area contributed by atoms with E-state index in [2.05, 4.69) is 0 Å². The molecule has 7 nitrogen and oxygen atoms in total. The van der Waals surface area contributed by atoms with E-state index in [1.54, 1.807) is 0 Å². The second-order valence-corrected chi connectivity index (χ2v) is 0. The Morgan fingerprint density at radius 3 is 0.308 bits per heavy atom. The van der Waals surface area contributed by atoms with Crippen molar-refractivity contribution < 1.29 is 281 Å². The smallest absolute Gasteiger partial charge is 0.870 e. The van der Waals surface area contributed by atoms with Crippen LogP contribution in [-0.2, 0) is 37.1 Å². The number of rotatable bonds is 0. The summed E-state index contributed by atoms with van der Waals surface area (Å²) >= 11 is 0. The largest absolute Gasteiger partial charge is 1.00 e. The number of hydrogen-bond acceptors (Lipinski definition) is 4. The minimum Gasteiger partial charge on any atom is -0.870 e. The van der Waals surface area contributed by atoms with Crippen LogP contribution in [0.4, 0.5) is 0 Å². The van der Waals surface area contributed by atoms with Crippen molar-refractivity contribution in [3.63, 3.8) is 0 Å². The van der Waals surface area contributed by atoms with E-state index in [1.165, 1.54) is 0 Å². The molecular formula is H10K4O7V2. The minimum absolute atomic E-state index is 0. The first-order chi connectivity index (χ1) is 0. The first-order valence-corrected chi connectivity index (χ1v) is 0. The molecule has 0 aliphatic rings. The fourth-order valence-electron chi connectivity index (χ4n) is 0. The minimum atomic E-state index is 0. The van der Waals surface area contributed by atoms with E-state index >= 15 is 0 Å². The van der Waals surface area contributed by atoms with Crippen LogP contribution in [0.2, 0.25) is 0 Å². The van der Waals surface area contributed by atoms with Gasteiger partial charge in [-0.2, -0.15) is 0 Å². The summed E-state index contributed by atoms with van der Waals surface area (Å²) in [6.07, 6.45) is 0. The zero-order valence-electron chi connectivity index (χ0n) is 8.18. The van der Waals surface area contributed by atoms with Crippen molar-refractivity contribution in [2.45, 2.75) is 0 Å². The first-order valence-electron chi connectivity index (χ1n) is 0. The molecule has 13 heteroatoms. The average molecular weight is 380 g/mol. The van der Waals surface area contributed by atoms with Gasteiger partial charge in [-0.3, -0.25) is 0 Å². The van der Waals surface area contributed by atoms with Crippen molar-refractivity contribution >= 4 is 0 Å². The molecule has 66 valence electrons. The van der Waals surface area contributed by atoms with Gasteiger partial charge in [0.25, 0.3) is 0 Å². The van der Waals surface area contributed by atoms with Crippen molar-refractivity contribution in [1.82, 2.24) is 0 Å². The van der Waals surface area contributed by atoms with Gasteiger partial charge in [0.2, 0.25) is 0 Å². The zero-order chi connectivity index (χ0) is 0. The van der Waals surface area contributed by atoms with Gasteiger partial charge in [-0.1, -0.05) is 0 Å². The van der Waals surface area contributed by atoms with Gasteiger partial charge in [-0.15, -0.1) is 0 Å². The van der Waals surface area contributed by atoms with Gasteiger partial charge in [0.15, 0.2) is 0 Å². The molecule has 0 saturated carbocycles. The average Bonchev–Trinajstić information content (AvgIpc) is 0. The van der Waals surface area contributed by atoms with Crippen LogP contribution in [0.3, 0.4) is 0 Å². The first kappa shape index (κ1) is 140. The quantitative estimate of drug-likeness (QED) is 0.374. The van der Waals surface area contributed by atoms with Gasteiger partial charge in [0.1, 0.15) is 0 Å². The second-order valence-electron chi connectivity index (χ2n) is 0. The van der Waals surface area contributed by atoms with Gasteiger partial charge in [0, 0.05) is 37.1 Å². The van der Waals surface area contributed by atoms with Crippen LogP contribution < -0.4 is 206 Å². The summed E-state index contributed by atoms with van der Waals surface area (Å²) < 4.78 is 0. The molecule has 0 aliphatic heterocycles. The number of hydrogen-bond donors (Lipinski definition) is 0. The van der Waals surface area contributed by atoms with Gasteiger partial charge in [-0.05, 0) is 0 Å². The molecule has 0 aromatic heterocycles. The van der Waals surface area contributed by atoms with Crippen LogP contribution in [0.25, 0.3) is 0 Å². The maximum absolute atomic E-state index is 0.